The van der Waals surface area contributed by atoms with Crippen molar-refractivity contribution in [2.24, 2.45) is 0 Å². The quantitative estimate of drug-likeness (QED) is 0.151. The molecule has 1 fully saturated rings. The lowest BCUT2D eigenvalue weighted by molar-refractivity contribution is -0.140. The molecule has 8 heteroatoms. The molecule has 1 amide bonds. The first kappa shape index (κ1) is 30.7. The van der Waals surface area contributed by atoms with E-state index in [1.165, 1.54) is 16.5 Å². The number of phenols is 1. The molecule has 1 saturated heterocycles. The van der Waals surface area contributed by atoms with Gasteiger partial charge in [0.05, 0.1) is 18.2 Å². The maximum Gasteiger partial charge on any atom is 0.295 e. The standard InChI is InChI=1S/C34H40N2O6/c1-5-35(6-2)19-8-20-36-31(26-15-18-28(37)29(21-26)41-7-3)30(33(39)34(36)40)32(38)25-13-16-27(17-14-25)42-22-24-11-9-23(4)10-12-24/h9-18,21,31,37-38H,5-8,19-20,22H2,1-4H3. The van der Waals surface area contributed by atoms with Gasteiger partial charge in [0.1, 0.15) is 18.1 Å². The van der Waals surface area contributed by atoms with Gasteiger partial charge in [-0.3, -0.25) is 9.59 Å². The summed E-state index contributed by atoms with van der Waals surface area (Å²) in [4.78, 5) is 30.5. The molecule has 1 aliphatic rings. The van der Waals surface area contributed by atoms with Crippen LogP contribution in [-0.2, 0) is 16.2 Å². The van der Waals surface area contributed by atoms with Gasteiger partial charge in [0, 0.05) is 12.1 Å². The Morgan fingerprint density at radius 2 is 1.62 bits per heavy atom. The third-order valence-electron chi connectivity index (χ3n) is 7.56. The van der Waals surface area contributed by atoms with Crippen LogP contribution in [0.25, 0.3) is 5.76 Å². The topological polar surface area (TPSA) is 99.5 Å². The van der Waals surface area contributed by atoms with Gasteiger partial charge < -0.3 is 29.5 Å². The highest BCUT2D eigenvalue weighted by molar-refractivity contribution is 6.46. The molecule has 1 unspecified atom stereocenters. The molecule has 0 radical (unpaired) electrons. The zero-order valence-corrected chi connectivity index (χ0v) is 24.8. The number of aryl methyl sites for hydroxylation is 1. The van der Waals surface area contributed by atoms with Crippen molar-refractivity contribution in [1.82, 2.24) is 9.80 Å². The predicted molar refractivity (Wildman–Crippen MR) is 163 cm³/mol. The van der Waals surface area contributed by atoms with Crippen molar-refractivity contribution in [2.45, 2.75) is 46.8 Å². The first-order valence-electron chi connectivity index (χ1n) is 14.5. The number of Topliss-reactive ketones (excluding diaryl/α,β-unsaturated/α-hetero) is 1. The molecule has 3 aromatic carbocycles. The smallest absolute Gasteiger partial charge is 0.295 e. The lowest BCUT2D eigenvalue weighted by atomic mass is 9.95. The van der Waals surface area contributed by atoms with E-state index in [0.29, 0.717) is 43.1 Å². The molecule has 0 saturated carbocycles. The maximum absolute atomic E-state index is 13.4. The summed E-state index contributed by atoms with van der Waals surface area (Å²) in [6.07, 6.45) is 0.661. The number of carbonyl (C=O) groups is 2. The number of aliphatic hydroxyl groups excluding tert-OH is 1. The Labute approximate surface area is 247 Å². The van der Waals surface area contributed by atoms with E-state index in [-0.39, 0.29) is 22.8 Å². The summed E-state index contributed by atoms with van der Waals surface area (Å²) in [6, 6.07) is 18.8. The molecule has 0 spiro atoms. The number of likely N-dealkylation sites (tertiary alicyclic amines) is 1. The molecule has 4 rings (SSSR count). The van der Waals surface area contributed by atoms with Crippen molar-refractivity contribution < 1.29 is 29.3 Å². The number of phenolic OH excluding ortho intramolecular Hbond substituents is 1. The lowest BCUT2D eigenvalue weighted by Crippen LogP contribution is -2.33. The number of hydrogen-bond acceptors (Lipinski definition) is 7. The van der Waals surface area contributed by atoms with Crippen LogP contribution in [0.3, 0.4) is 0 Å². The van der Waals surface area contributed by atoms with Crippen LogP contribution in [0.2, 0.25) is 0 Å². The molecule has 2 N–H and O–H groups in total. The van der Waals surface area contributed by atoms with E-state index in [1.54, 1.807) is 43.3 Å². The minimum Gasteiger partial charge on any atom is -0.507 e. The Balaban J connectivity index is 1.65. The van der Waals surface area contributed by atoms with E-state index in [2.05, 4.69) is 18.7 Å². The summed E-state index contributed by atoms with van der Waals surface area (Å²) in [7, 11) is 0. The second-order valence-electron chi connectivity index (χ2n) is 10.3. The Bertz CT molecular complexity index is 1410. The number of nitrogens with zero attached hydrogens (tertiary/aromatic N) is 2. The number of amides is 1. The van der Waals surface area contributed by atoms with E-state index in [4.69, 9.17) is 9.47 Å². The van der Waals surface area contributed by atoms with Crippen molar-refractivity contribution in [3.05, 3.63) is 94.6 Å². The molecule has 0 aliphatic carbocycles. The SMILES string of the molecule is CCOc1cc(C2C(=C(O)c3ccc(OCc4ccc(C)cc4)cc3)C(=O)C(=O)N2CCCN(CC)CC)ccc1O. The van der Waals surface area contributed by atoms with Crippen LogP contribution in [0.4, 0.5) is 0 Å². The molecule has 0 aromatic heterocycles. The molecule has 1 atom stereocenters. The highest BCUT2D eigenvalue weighted by atomic mass is 16.5. The normalized spacial score (nSPS) is 16.3. The number of ether oxygens (including phenoxy) is 2. The van der Waals surface area contributed by atoms with Crippen LogP contribution in [0.1, 0.15) is 55.5 Å². The minimum atomic E-state index is -0.834. The van der Waals surface area contributed by atoms with Gasteiger partial charge in [-0.2, -0.15) is 0 Å². The van der Waals surface area contributed by atoms with E-state index in [9.17, 15) is 19.8 Å². The number of rotatable bonds is 13. The fourth-order valence-corrected chi connectivity index (χ4v) is 5.15. The molecule has 1 aliphatic heterocycles. The van der Waals surface area contributed by atoms with Crippen LogP contribution >= 0.6 is 0 Å². The lowest BCUT2D eigenvalue weighted by Gasteiger charge is -2.27. The Hall–Kier alpha value is -4.30. The van der Waals surface area contributed by atoms with Crippen LogP contribution in [0.5, 0.6) is 17.2 Å². The van der Waals surface area contributed by atoms with Crippen LogP contribution < -0.4 is 9.47 Å². The fraction of sp³-hybridized carbons (Fsp3) is 0.353. The number of ketones is 1. The van der Waals surface area contributed by atoms with Gasteiger partial charge in [-0.1, -0.05) is 49.7 Å². The fourth-order valence-electron chi connectivity index (χ4n) is 5.15. The second-order valence-corrected chi connectivity index (χ2v) is 10.3. The Morgan fingerprint density at radius 1 is 0.929 bits per heavy atom. The summed E-state index contributed by atoms with van der Waals surface area (Å²) < 4.78 is 11.5. The number of benzene rings is 3. The zero-order chi connectivity index (χ0) is 30.2. The molecular weight excluding hydrogens is 532 g/mol. The maximum atomic E-state index is 13.4. The van der Waals surface area contributed by atoms with Crippen molar-refractivity contribution in [1.29, 1.82) is 0 Å². The van der Waals surface area contributed by atoms with Gasteiger partial charge in [-0.05, 0) is 87.4 Å². The van der Waals surface area contributed by atoms with E-state index < -0.39 is 17.7 Å². The van der Waals surface area contributed by atoms with Crippen molar-refractivity contribution in [3.8, 4) is 17.2 Å². The van der Waals surface area contributed by atoms with Gasteiger partial charge in [-0.25, -0.2) is 0 Å². The number of aliphatic hydroxyl groups is 1. The summed E-state index contributed by atoms with van der Waals surface area (Å²) in [6.45, 7) is 11.6. The number of carbonyl (C=O) groups excluding carboxylic acids is 2. The van der Waals surface area contributed by atoms with Gasteiger partial charge in [0.25, 0.3) is 11.7 Å². The van der Waals surface area contributed by atoms with Crippen LogP contribution in [0.15, 0.2) is 72.3 Å². The third-order valence-corrected chi connectivity index (χ3v) is 7.56. The first-order chi connectivity index (χ1) is 20.3. The monoisotopic (exact) mass is 572 g/mol. The van der Waals surface area contributed by atoms with Crippen molar-refractivity contribution in [2.75, 3.05) is 32.8 Å². The number of hydrogen-bond donors (Lipinski definition) is 2. The highest BCUT2D eigenvalue weighted by Gasteiger charge is 2.46. The van der Waals surface area contributed by atoms with Gasteiger partial charge in [-0.15, -0.1) is 0 Å². The summed E-state index contributed by atoms with van der Waals surface area (Å²) in [5.74, 6) is -0.850. The number of aromatic hydroxyl groups is 1. The minimum absolute atomic E-state index is 0.00398. The van der Waals surface area contributed by atoms with E-state index in [0.717, 1.165) is 25.2 Å². The Kier molecular flexibility index (Phi) is 10.3. The molecule has 42 heavy (non-hydrogen) atoms. The molecule has 3 aromatic rings. The Morgan fingerprint density at radius 3 is 2.26 bits per heavy atom. The summed E-state index contributed by atoms with van der Waals surface area (Å²) >= 11 is 0. The zero-order valence-electron chi connectivity index (χ0n) is 24.8. The van der Waals surface area contributed by atoms with Crippen LogP contribution in [0, 0.1) is 6.92 Å². The van der Waals surface area contributed by atoms with Crippen molar-refractivity contribution >= 4 is 17.4 Å². The van der Waals surface area contributed by atoms with E-state index in [1.807, 2.05) is 31.2 Å². The summed E-state index contributed by atoms with van der Waals surface area (Å²) in [5.41, 5.74) is 3.18. The first-order valence-corrected chi connectivity index (χ1v) is 14.5. The summed E-state index contributed by atoms with van der Waals surface area (Å²) in [5, 5.41) is 21.7. The van der Waals surface area contributed by atoms with E-state index >= 15 is 0 Å². The van der Waals surface area contributed by atoms with Gasteiger partial charge >= 0.3 is 0 Å². The molecule has 222 valence electrons. The average molecular weight is 573 g/mol. The molecule has 0 bridgehead atoms. The molecule has 8 nitrogen and oxygen atoms in total. The largest absolute Gasteiger partial charge is 0.507 e. The van der Waals surface area contributed by atoms with Crippen LogP contribution in [-0.4, -0.2) is 64.5 Å². The van der Waals surface area contributed by atoms with Gasteiger partial charge in [0.2, 0.25) is 0 Å². The molecular formula is C34H40N2O6. The van der Waals surface area contributed by atoms with Crippen molar-refractivity contribution in [3.63, 3.8) is 0 Å². The van der Waals surface area contributed by atoms with Gasteiger partial charge in [0.15, 0.2) is 11.5 Å². The average Bonchev–Trinajstić information content (AvgIpc) is 3.25. The third kappa shape index (κ3) is 6.94. The second kappa shape index (κ2) is 14.0. The highest BCUT2D eigenvalue weighted by Crippen LogP contribution is 2.42. The molecule has 1 heterocycles. The predicted octanol–water partition coefficient (Wildman–Crippen LogP) is 5.83.